The number of aromatic nitrogens is 1. The molecule has 1 heterocycles. The fourth-order valence-corrected chi connectivity index (χ4v) is 1.84. The Morgan fingerprint density at radius 3 is 2.90 bits per heavy atom. The lowest BCUT2D eigenvalue weighted by Gasteiger charge is -2.10. The van der Waals surface area contributed by atoms with Gasteiger partial charge in [-0.25, -0.2) is 4.98 Å². The summed E-state index contributed by atoms with van der Waals surface area (Å²) in [6.45, 7) is 3.11. The number of hydrogen-bond acceptors (Lipinski definition) is 3. The van der Waals surface area contributed by atoms with E-state index in [1.54, 1.807) is 11.3 Å². The van der Waals surface area contributed by atoms with Gasteiger partial charge < -0.3 is 4.90 Å². The molecule has 0 aliphatic rings. The number of thiazole rings is 1. The fourth-order valence-electron chi connectivity index (χ4n) is 0.556. The van der Waals surface area contributed by atoms with Gasteiger partial charge in [0.2, 0.25) is 0 Å². The Hall–Kier alpha value is -0.0900. The molecular weight excluding hydrogens is 212 g/mol. The molecule has 0 saturated heterocycles. The maximum atomic E-state index is 4.24. The van der Waals surface area contributed by atoms with Crippen LogP contribution in [0.25, 0.3) is 0 Å². The molecule has 0 aromatic carbocycles. The molecule has 0 N–H and O–H groups in total. The predicted octanol–water partition coefficient (Wildman–Crippen LogP) is 2.36. The molecule has 0 aliphatic carbocycles. The topological polar surface area (TPSA) is 16.1 Å². The molecule has 0 amide bonds. The molecule has 0 spiro atoms. The summed E-state index contributed by atoms with van der Waals surface area (Å²) >= 11 is 4.95. The summed E-state index contributed by atoms with van der Waals surface area (Å²) in [6.07, 6.45) is 0. The molecule has 0 bridgehead atoms. The van der Waals surface area contributed by atoms with E-state index >= 15 is 0 Å². The first-order chi connectivity index (χ1) is 4.74. The van der Waals surface area contributed by atoms with Crippen molar-refractivity contribution >= 4 is 32.4 Å². The Kier molecular flexibility index (Phi) is 2.68. The highest BCUT2D eigenvalue weighted by Gasteiger charge is 2.01. The van der Waals surface area contributed by atoms with Crippen molar-refractivity contribution in [2.24, 2.45) is 0 Å². The normalized spacial score (nSPS) is 9.90. The minimum Gasteiger partial charge on any atom is -0.351 e. The van der Waals surface area contributed by atoms with E-state index in [9.17, 15) is 0 Å². The Bertz CT molecular complexity index is 211. The van der Waals surface area contributed by atoms with Crippen molar-refractivity contribution in [3.63, 3.8) is 0 Å². The van der Waals surface area contributed by atoms with Crippen LogP contribution in [-0.4, -0.2) is 18.6 Å². The van der Waals surface area contributed by atoms with E-state index in [1.165, 1.54) is 0 Å². The third-order valence-corrected chi connectivity index (χ3v) is 2.93. The van der Waals surface area contributed by atoms with E-state index in [0.29, 0.717) is 0 Å². The summed E-state index contributed by atoms with van der Waals surface area (Å²) < 4.78 is 0.924. The highest BCUT2D eigenvalue weighted by atomic mass is 79.9. The van der Waals surface area contributed by atoms with E-state index in [1.807, 2.05) is 12.4 Å². The molecule has 2 nitrogen and oxygen atoms in total. The zero-order valence-electron chi connectivity index (χ0n) is 5.97. The number of hydrogen-bond donors (Lipinski definition) is 0. The highest BCUT2D eigenvalue weighted by Crippen LogP contribution is 2.21. The first kappa shape index (κ1) is 8.01. The van der Waals surface area contributed by atoms with Crippen LogP contribution >= 0.6 is 27.3 Å². The van der Waals surface area contributed by atoms with E-state index in [-0.39, 0.29) is 0 Å². The minimum absolute atomic E-state index is 0.924. The lowest BCUT2D eigenvalue weighted by molar-refractivity contribution is 0.955. The molecule has 0 radical (unpaired) electrons. The summed E-state index contributed by atoms with van der Waals surface area (Å²) in [5.74, 6) is 0. The summed E-state index contributed by atoms with van der Waals surface area (Å²) in [6, 6.07) is 0. The molecule has 10 heavy (non-hydrogen) atoms. The van der Waals surface area contributed by atoms with Gasteiger partial charge in [-0.1, -0.05) is 0 Å². The Labute approximate surface area is 73.0 Å². The van der Waals surface area contributed by atoms with Gasteiger partial charge in [-0.3, -0.25) is 0 Å². The Morgan fingerprint density at radius 1 is 1.80 bits per heavy atom. The van der Waals surface area contributed by atoms with E-state index < -0.39 is 0 Å². The maximum absolute atomic E-state index is 4.24. The summed E-state index contributed by atoms with van der Waals surface area (Å²) in [5.41, 5.74) is 0. The minimum atomic E-state index is 0.924. The molecule has 1 aromatic rings. The molecule has 4 heteroatoms. The van der Waals surface area contributed by atoms with Crippen LogP contribution in [0.2, 0.25) is 0 Å². The van der Waals surface area contributed by atoms with Gasteiger partial charge in [0.15, 0.2) is 5.13 Å². The predicted molar refractivity (Wildman–Crippen MR) is 48.8 cm³/mol. The SMILES string of the molecule is CCN(C)c1nc(Br)cs1. The lowest BCUT2D eigenvalue weighted by atomic mass is 10.7. The number of nitrogens with zero attached hydrogens (tertiary/aromatic N) is 2. The van der Waals surface area contributed by atoms with Crippen LogP contribution in [0, 0.1) is 0 Å². The molecule has 56 valence electrons. The van der Waals surface area contributed by atoms with E-state index in [4.69, 9.17) is 0 Å². The lowest BCUT2D eigenvalue weighted by Crippen LogP contribution is -2.15. The van der Waals surface area contributed by atoms with Gasteiger partial charge in [0, 0.05) is 19.0 Å². The van der Waals surface area contributed by atoms with Crippen molar-refractivity contribution in [2.75, 3.05) is 18.5 Å². The van der Waals surface area contributed by atoms with Gasteiger partial charge in [-0.05, 0) is 22.9 Å². The zero-order chi connectivity index (χ0) is 7.56. The standard InChI is InChI=1S/C6H9BrN2S/c1-3-9(2)6-8-5(7)4-10-6/h4H,3H2,1-2H3. The van der Waals surface area contributed by atoms with Gasteiger partial charge in [0.05, 0.1) is 0 Å². The average Bonchev–Trinajstić information content (AvgIpc) is 2.34. The molecule has 0 unspecified atom stereocenters. The maximum Gasteiger partial charge on any atom is 0.186 e. The number of anilines is 1. The zero-order valence-corrected chi connectivity index (χ0v) is 8.37. The van der Waals surface area contributed by atoms with Crippen molar-refractivity contribution in [1.29, 1.82) is 0 Å². The van der Waals surface area contributed by atoms with Crippen molar-refractivity contribution in [1.82, 2.24) is 4.98 Å². The van der Waals surface area contributed by atoms with Crippen molar-refractivity contribution in [3.05, 3.63) is 9.98 Å². The second-order valence-electron chi connectivity index (χ2n) is 1.97. The monoisotopic (exact) mass is 220 g/mol. The fraction of sp³-hybridized carbons (Fsp3) is 0.500. The molecule has 0 fully saturated rings. The quantitative estimate of drug-likeness (QED) is 0.762. The van der Waals surface area contributed by atoms with E-state index in [0.717, 1.165) is 16.3 Å². The average molecular weight is 221 g/mol. The van der Waals surface area contributed by atoms with Crippen LogP contribution in [0.1, 0.15) is 6.92 Å². The van der Waals surface area contributed by atoms with Gasteiger partial charge >= 0.3 is 0 Å². The van der Waals surface area contributed by atoms with Crippen LogP contribution < -0.4 is 4.90 Å². The number of rotatable bonds is 2. The van der Waals surface area contributed by atoms with E-state index in [2.05, 4.69) is 32.7 Å². The summed E-state index contributed by atoms with van der Waals surface area (Å²) in [7, 11) is 2.03. The summed E-state index contributed by atoms with van der Waals surface area (Å²) in [5, 5.41) is 3.05. The van der Waals surface area contributed by atoms with Gasteiger partial charge in [0.25, 0.3) is 0 Å². The number of halogens is 1. The largest absolute Gasteiger partial charge is 0.351 e. The third kappa shape index (κ3) is 1.70. The first-order valence-corrected chi connectivity index (χ1v) is 4.73. The van der Waals surface area contributed by atoms with Crippen LogP contribution in [0.5, 0.6) is 0 Å². The van der Waals surface area contributed by atoms with Crippen LogP contribution in [0.3, 0.4) is 0 Å². The second kappa shape index (κ2) is 3.34. The first-order valence-electron chi connectivity index (χ1n) is 3.06. The van der Waals surface area contributed by atoms with Crippen molar-refractivity contribution in [3.8, 4) is 0 Å². The Balaban J connectivity index is 2.74. The van der Waals surface area contributed by atoms with Crippen molar-refractivity contribution < 1.29 is 0 Å². The smallest absolute Gasteiger partial charge is 0.186 e. The van der Waals surface area contributed by atoms with Crippen molar-refractivity contribution in [2.45, 2.75) is 6.92 Å². The molecule has 0 saturated carbocycles. The van der Waals surface area contributed by atoms with Gasteiger partial charge in [-0.2, -0.15) is 0 Å². The van der Waals surface area contributed by atoms with Gasteiger partial charge in [-0.15, -0.1) is 11.3 Å². The molecule has 1 rings (SSSR count). The highest BCUT2D eigenvalue weighted by molar-refractivity contribution is 9.10. The molecule has 0 atom stereocenters. The van der Waals surface area contributed by atoms with Gasteiger partial charge in [0.1, 0.15) is 4.60 Å². The Morgan fingerprint density at radius 2 is 2.50 bits per heavy atom. The van der Waals surface area contributed by atoms with Crippen LogP contribution in [-0.2, 0) is 0 Å². The third-order valence-electron chi connectivity index (χ3n) is 1.26. The molecular formula is C6H9BrN2S. The summed E-state index contributed by atoms with van der Waals surface area (Å²) in [4.78, 5) is 6.35. The van der Waals surface area contributed by atoms with Crippen LogP contribution in [0.4, 0.5) is 5.13 Å². The molecule has 1 aromatic heterocycles. The van der Waals surface area contributed by atoms with Crippen LogP contribution in [0.15, 0.2) is 9.98 Å². The molecule has 0 aliphatic heterocycles. The second-order valence-corrected chi connectivity index (χ2v) is 3.62.